The van der Waals surface area contributed by atoms with Crippen molar-refractivity contribution >= 4 is 22.6 Å². The summed E-state index contributed by atoms with van der Waals surface area (Å²) in [6.07, 6.45) is 1.65. The van der Waals surface area contributed by atoms with Gasteiger partial charge in [0.15, 0.2) is 6.61 Å². The van der Waals surface area contributed by atoms with Crippen molar-refractivity contribution in [2.45, 2.75) is 0 Å². The predicted octanol–water partition coefficient (Wildman–Crippen LogP) is 1.37. The molecule has 0 amide bonds. The zero-order chi connectivity index (χ0) is 12.3. The predicted molar refractivity (Wildman–Crippen MR) is 63.7 cm³/mol. The third-order valence-electron chi connectivity index (χ3n) is 2.34. The van der Waals surface area contributed by atoms with Crippen LogP contribution in [-0.4, -0.2) is 24.7 Å². The number of fused-ring (bicyclic) bond motifs is 1. The Bertz CT molecular complexity index is 554. The maximum atomic E-state index is 11.0. The number of esters is 1. The second-order valence-corrected chi connectivity index (χ2v) is 3.42. The molecular formula is C12H12N2O3. The molecule has 88 valence electrons. The third-order valence-corrected chi connectivity index (χ3v) is 2.34. The molecule has 0 fully saturated rings. The Morgan fingerprint density at radius 2 is 2.24 bits per heavy atom. The van der Waals surface area contributed by atoms with E-state index in [1.165, 1.54) is 7.11 Å². The third kappa shape index (κ3) is 2.28. The molecule has 1 aromatic carbocycles. The van der Waals surface area contributed by atoms with Gasteiger partial charge in [-0.3, -0.25) is 4.98 Å². The van der Waals surface area contributed by atoms with Gasteiger partial charge in [-0.15, -0.1) is 0 Å². The van der Waals surface area contributed by atoms with E-state index in [4.69, 9.17) is 10.5 Å². The molecule has 0 atom stereocenters. The average molecular weight is 232 g/mol. The van der Waals surface area contributed by atoms with E-state index >= 15 is 0 Å². The van der Waals surface area contributed by atoms with Crippen molar-refractivity contribution in [1.29, 1.82) is 0 Å². The Balaban J connectivity index is 2.35. The molecule has 2 N–H and O–H groups in total. The quantitative estimate of drug-likeness (QED) is 0.639. The summed E-state index contributed by atoms with van der Waals surface area (Å²) in [4.78, 5) is 15.2. The van der Waals surface area contributed by atoms with Gasteiger partial charge in [0.1, 0.15) is 11.3 Å². The van der Waals surface area contributed by atoms with E-state index in [9.17, 15) is 4.79 Å². The first-order valence-electron chi connectivity index (χ1n) is 5.05. The van der Waals surface area contributed by atoms with Crippen molar-refractivity contribution in [2.24, 2.45) is 0 Å². The Morgan fingerprint density at radius 3 is 3.00 bits per heavy atom. The van der Waals surface area contributed by atoms with E-state index < -0.39 is 5.97 Å². The number of carbonyl (C=O) groups is 1. The maximum Gasteiger partial charge on any atom is 0.343 e. The molecule has 0 aliphatic heterocycles. The van der Waals surface area contributed by atoms with Crippen LogP contribution in [0, 0.1) is 0 Å². The lowest BCUT2D eigenvalue weighted by atomic mass is 10.2. The summed E-state index contributed by atoms with van der Waals surface area (Å²) >= 11 is 0. The summed E-state index contributed by atoms with van der Waals surface area (Å²) in [5.41, 5.74) is 7.08. The fourth-order valence-electron chi connectivity index (χ4n) is 1.48. The highest BCUT2D eigenvalue weighted by Gasteiger charge is 2.08. The fourth-order valence-corrected chi connectivity index (χ4v) is 1.48. The summed E-state index contributed by atoms with van der Waals surface area (Å²) in [5, 5.41) is 0.801. The number of ether oxygens (including phenoxy) is 2. The summed E-state index contributed by atoms with van der Waals surface area (Å²) in [6.45, 7) is -0.147. The molecule has 5 heteroatoms. The van der Waals surface area contributed by atoms with E-state index in [1.807, 2.05) is 6.07 Å². The molecule has 5 nitrogen and oxygen atoms in total. The van der Waals surface area contributed by atoms with Crippen LogP contribution in [0.15, 0.2) is 30.5 Å². The summed E-state index contributed by atoms with van der Waals surface area (Å²) < 4.78 is 9.83. The minimum absolute atomic E-state index is 0.147. The van der Waals surface area contributed by atoms with Gasteiger partial charge >= 0.3 is 5.97 Å². The zero-order valence-corrected chi connectivity index (χ0v) is 9.34. The summed E-state index contributed by atoms with van der Waals surface area (Å²) in [7, 11) is 1.31. The van der Waals surface area contributed by atoms with Gasteiger partial charge in [0.2, 0.25) is 0 Å². The van der Waals surface area contributed by atoms with E-state index in [-0.39, 0.29) is 6.61 Å². The van der Waals surface area contributed by atoms with Crippen molar-refractivity contribution in [3.63, 3.8) is 0 Å². The largest absolute Gasteiger partial charge is 0.480 e. The first-order chi connectivity index (χ1) is 8.22. The normalized spacial score (nSPS) is 10.2. The van der Waals surface area contributed by atoms with Gasteiger partial charge in [-0.05, 0) is 24.3 Å². The molecule has 0 radical (unpaired) electrons. The summed E-state index contributed by atoms with van der Waals surface area (Å²) in [5.74, 6) is 0.0751. The molecule has 17 heavy (non-hydrogen) atoms. The van der Waals surface area contributed by atoms with Gasteiger partial charge in [0.05, 0.1) is 7.11 Å². The average Bonchev–Trinajstić information content (AvgIpc) is 2.38. The highest BCUT2D eigenvalue weighted by molar-refractivity contribution is 5.94. The number of hydrogen-bond acceptors (Lipinski definition) is 5. The Kier molecular flexibility index (Phi) is 3.09. The number of rotatable bonds is 3. The number of methoxy groups -OCH3 is 1. The lowest BCUT2D eigenvalue weighted by Crippen LogP contribution is -2.12. The van der Waals surface area contributed by atoms with Gasteiger partial charge in [0, 0.05) is 17.3 Å². The number of aromatic nitrogens is 1. The van der Waals surface area contributed by atoms with Crippen LogP contribution in [0.1, 0.15) is 0 Å². The molecule has 2 rings (SSSR count). The monoisotopic (exact) mass is 232 g/mol. The van der Waals surface area contributed by atoms with Crippen LogP contribution in [0.2, 0.25) is 0 Å². The van der Waals surface area contributed by atoms with Gasteiger partial charge in [-0.2, -0.15) is 0 Å². The van der Waals surface area contributed by atoms with Crippen LogP contribution >= 0.6 is 0 Å². The Hall–Kier alpha value is -2.30. The number of pyridine rings is 1. The Labute approximate surface area is 98.2 Å². The lowest BCUT2D eigenvalue weighted by molar-refractivity contribution is -0.142. The van der Waals surface area contributed by atoms with Crippen LogP contribution in [0.3, 0.4) is 0 Å². The first-order valence-corrected chi connectivity index (χ1v) is 5.05. The van der Waals surface area contributed by atoms with Gasteiger partial charge in [-0.1, -0.05) is 0 Å². The molecule has 1 aromatic heterocycles. The molecule has 0 bridgehead atoms. The van der Waals surface area contributed by atoms with Crippen molar-refractivity contribution in [2.75, 3.05) is 19.5 Å². The second kappa shape index (κ2) is 4.69. The smallest absolute Gasteiger partial charge is 0.343 e. The molecule has 0 spiro atoms. The van der Waals surface area contributed by atoms with Crippen LogP contribution in [-0.2, 0) is 9.53 Å². The molecule has 0 saturated heterocycles. The highest BCUT2D eigenvalue weighted by atomic mass is 16.6. The minimum Gasteiger partial charge on any atom is -0.480 e. The minimum atomic E-state index is -0.439. The van der Waals surface area contributed by atoms with Crippen molar-refractivity contribution in [3.05, 3.63) is 30.5 Å². The molecule has 1 heterocycles. The van der Waals surface area contributed by atoms with Crippen molar-refractivity contribution in [1.82, 2.24) is 4.98 Å². The van der Waals surface area contributed by atoms with Gasteiger partial charge in [0.25, 0.3) is 0 Å². The molecular weight excluding hydrogens is 220 g/mol. The van der Waals surface area contributed by atoms with Crippen LogP contribution in [0.25, 0.3) is 10.9 Å². The number of nitrogens with two attached hydrogens (primary N) is 1. The maximum absolute atomic E-state index is 11.0. The second-order valence-electron chi connectivity index (χ2n) is 3.42. The number of anilines is 1. The number of nitrogen functional groups attached to an aromatic ring is 1. The SMILES string of the molecule is COC(=O)COc1ccc(N)c2cccnc12. The van der Waals surface area contributed by atoms with E-state index in [1.54, 1.807) is 24.4 Å². The number of nitrogens with zero attached hydrogens (tertiary/aromatic N) is 1. The van der Waals surface area contributed by atoms with Crippen molar-refractivity contribution < 1.29 is 14.3 Å². The zero-order valence-electron chi connectivity index (χ0n) is 9.34. The number of benzene rings is 1. The molecule has 0 aliphatic rings. The van der Waals surface area contributed by atoms with Gasteiger partial charge < -0.3 is 15.2 Å². The molecule has 0 unspecified atom stereocenters. The standard InChI is InChI=1S/C12H12N2O3/c1-16-11(15)7-17-10-5-4-9(13)8-3-2-6-14-12(8)10/h2-6H,7,13H2,1H3. The summed E-state index contributed by atoms with van der Waals surface area (Å²) in [6, 6.07) is 7.05. The lowest BCUT2D eigenvalue weighted by Gasteiger charge is -2.08. The topological polar surface area (TPSA) is 74.4 Å². The van der Waals surface area contributed by atoms with E-state index in [0.717, 1.165) is 5.39 Å². The van der Waals surface area contributed by atoms with Crippen LogP contribution in [0.5, 0.6) is 5.75 Å². The molecule has 2 aromatic rings. The van der Waals surface area contributed by atoms with E-state index in [2.05, 4.69) is 9.72 Å². The van der Waals surface area contributed by atoms with Crippen molar-refractivity contribution in [3.8, 4) is 5.75 Å². The fraction of sp³-hybridized carbons (Fsp3) is 0.167. The number of carbonyl (C=O) groups excluding carboxylic acids is 1. The van der Waals surface area contributed by atoms with E-state index in [0.29, 0.717) is 17.0 Å². The molecule has 0 aliphatic carbocycles. The van der Waals surface area contributed by atoms with Gasteiger partial charge in [-0.25, -0.2) is 4.79 Å². The Morgan fingerprint density at radius 1 is 1.41 bits per heavy atom. The van der Waals surface area contributed by atoms with Crippen LogP contribution in [0.4, 0.5) is 5.69 Å². The highest BCUT2D eigenvalue weighted by Crippen LogP contribution is 2.27. The van der Waals surface area contributed by atoms with Crippen LogP contribution < -0.4 is 10.5 Å². The molecule has 0 saturated carbocycles. The first kappa shape index (κ1) is 11.2. The number of hydrogen-bond donors (Lipinski definition) is 1.